The van der Waals surface area contributed by atoms with E-state index < -0.39 is 18.1 Å². The molecule has 0 radical (unpaired) electrons. The molecular formula is C21H39N5O7. The first kappa shape index (κ1) is 32.6. The quantitative estimate of drug-likeness (QED) is 0.194. The van der Waals surface area contributed by atoms with Crippen LogP contribution < -0.4 is 16.2 Å². The molecule has 0 bridgehead atoms. The average Bonchev–Trinajstić information content (AvgIpc) is 3.03. The topological polar surface area (TPSA) is 203 Å². The molecule has 1 aromatic rings. The fourth-order valence-corrected chi connectivity index (χ4v) is 1.87. The second kappa shape index (κ2) is 17.9. The molecule has 1 amide bonds. The second-order valence-corrected chi connectivity index (χ2v) is 8.12. The summed E-state index contributed by atoms with van der Waals surface area (Å²) in [5, 5.41) is 52.0. The van der Waals surface area contributed by atoms with Crippen molar-refractivity contribution in [2.75, 3.05) is 61.1 Å². The molecule has 0 spiro atoms. The van der Waals surface area contributed by atoms with Gasteiger partial charge in [0.1, 0.15) is 12.6 Å². The third-order valence-electron chi connectivity index (χ3n) is 3.81. The molecule has 0 aliphatic carbocycles. The van der Waals surface area contributed by atoms with Gasteiger partial charge in [0, 0.05) is 13.1 Å². The highest BCUT2D eigenvalue weighted by molar-refractivity contribution is 6.02. The number of benzene rings is 1. The summed E-state index contributed by atoms with van der Waals surface area (Å²) in [4.78, 5) is 22.2. The van der Waals surface area contributed by atoms with Crippen molar-refractivity contribution in [2.24, 2.45) is 5.73 Å². The zero-order chi connectivity index (χ0) is 26.0. The number of aliphatic hydroxyl groups excluding tert-OH is 4. The Bertz CT molecular complexity index is 679. The highest BCUT2D eigenvalue weighted by Crippen LogP contribution is 2.00. The van der Waals surface area contributed by atoms with E-state index in [9.17, 15) is 14.7 Å². The standard InChI is InChI=1S/C9H11NO2.C5H14NO.C4H7N3O.C3H8O3/c10-8(9(11)12)6-7-4-2-1-3-5-7;1-6(2,3)4-5-7;1-7-2-3(8)6-4(7)5;4-1-3(6)2-5/h1-5,8H,6,10H2,(H,11,12);7H,4-5H2,1-3H3;2H2,1H3,(H2,5,6,8);3-6H,1-2H2/q;+1;;/p-1/t8-;;;/m0.../s1. The first-order valence-electron chi connectivity index (χ1n) is 10.2. The number of rotatable bonds is 7. The highest BCUT2D eigenvalue weighted by Gasteiger charge is 2.18. The van der Waals surface area contributed by atoms with Crippen LogP contribution in [-0.4, -0.2) is 121 Å². The molecule has 33 heavy (non-hydrogen) atoms. The fraction of sp³-hybridized carbons (Fsp3) is 0.571. The third-order valence-corrected chi connectivity index (χ3v) is 3.81. The number of nitrogens with two attached hydrogens (primary N) is 1. The van der Waals surface area contributed by atoms with E-state index in [2.05, 4.69) is 26.5 Å². The zero-order valence-electron chi connectivity index (χ0n) is 19.8. The zero-order valence-corrected chi connectivity index (χ0v) is 19.8. The van der Waals surface area contributed by atoms with Crippen molar-refractivity contribution in [1.29, 1.82) is 5.41 Å². The molecule has 1 aliphatic heterocycles. The second-order valence-electron chi connectivity index (χ2n) is 8.12. The first-order valence-corrected chi connectivity index (χ1v) is 10.2. The largest absolute Gasteiger partial charge is 0.548 e. The molecule has 2 rings (SSSR count). The number of hydrogen-bond acceptors (Lipinski definition) is 9. The Morgan fingerprint density at radius 3 is 1.94 bits per heavy atom. The summed E-state index contributed by atoms with van der Waals surface area (Å²) in [6, 6.07) is 8.32. The molecule has 0 saturated carbocycles. The van der Waals surface area contributed by atoms with Crippen molar-refractivity contribution < 1.29 is 39.6 Å². The van der Waals surface area contributed by atoms with Gasteiger partial charge in [-0.2, -0.15) is 0 Å². The van der Waals surface area contributed by atoms with Crippen molar-refractivity contribution in [1.82, 2.24) is 10.2 Å². The van der Waals surface area contributed by atoms with Gasteiger partial charge < -0.3 is 45.4 Å². The highest BCUT2D eigenvalue weighted by atomic mass is 16.4. The van der Waals surface area contributed by atoms with Gasteiger partial charge in [0.15, 0.2) is 5.96 Å². The molecule has 1 atom stereocenters. The van der Waals surface area contributed by atoms with Crippen molar-refractivity contribution in [3.63, 3.8) is 0 Å². The summed E-state index contributed by atoms with van der Waals surface area (Å²) < 4.78 is 0.844. The van der Waals surface area contributed by atoms with Crippen LogP contribution in [0.25, 0.3) is 0 Å². The number of quaternary nitrogens is 1. The van der Waals surface area contributed by atoms with Crippen LogP contribution in [0.15, 0.2) is 30.3 Å². The molecule has 1 aromatic carbocycles. The molecule has 12 heteroatoms. The van der Waals surface area contributed by atoms with Crippen molar-refractivity contribution >= 4 is 17.8 Å². The number of carboxylic acid groups (broad SMARTS) is 1. The molecule has 1 heterocycles. The first-order chi connectivity index (χ1) is 15.3. The summed E-state index contributed by atoms with van der Waals surface area (Å²) in [5.74, 6) is -1.12. The van der Waals surface area contributed by atoms with E-state index in [1.54, 1.807) is 11.9 Å². The molecule has 1 fully saturated rings. The number of nitrogens with one attached hydrogen (secondary N) is 2. The van der Waals surface area contributed by atoms with Crippen LogP contribution in [0.2, 0.25) is 0 Å². The molecule has 1 aliphatic rings. The van der Waals surface area contributed by atoms with E-state index in [1.165, 1.54) is 0 Å². The Hall–Kier alpha value is -2.61. The number of guanidine groups is 1. The van der Waals surface area contributed by atoms with E-state index >= 15 is 0 Å². The Morgan fingerprint density at radius 2 is 1.73 bits per heavy atom. The van der Waals surface area contributed by atoms with Gasteiger partial charge in [-0.3, -0.25) is 15.5 Å². The van der Waals surface area contributed by atoms with Crippen LogP contribution in [0.1, 0.15) is 5.56 Å². The molecule has 12 nitrogen and oxygen atoms in total. The minimum absolute atomic E-state index is 0.0995. The number of carbonyl (C=O) groups excluding carboxylic acids is 2. The van der Waals surface area contributed by atoms with Crippen LogP contribution >= 0.6 is 0 Å². The van der Waals surface area contributed by atoms with E-state index in [1.807, 2.05) is 30.3 Å². The molecule has 190 valence electrons. The maximum absolute atomic E-state index is 10.4. The normalized spacial score (nSPS) is 13.6. The number of hydrogen-bond donors (Lipinski definition) is 7. The predicted molar refractivity (Wildman–Crippen MR) is 122 cm³/mol. The number of likely N-dealkylation sites (N-methyl/N-ethyl adjacent to an activating group) is 2. The minimum Gasteiger partial charge on any atom is -0.548 e. The Morgan fingerprint density at radius 1 is 1.21 bits per heavy atom. The lowest BCUT2D eigenvalue weighted by Gasteiger charge is -2.21. The van der Waals surface area contributed by atoms with Gasteiger partial charge in [0.2, 0.25) is 5.91 Å². The lowest BCUT2D eigenvalue weighted by molar-refractivity contribution is -0.870. The molecule has 0 unspecified atom stereocenters. The molecule has 0 aromatic heterocycles. The van der Waals surface area contributed by atoms with Gasteiger partial charge in [-0.15, -0.1) is 0 Å². The Balaban J connectivity index is 0. The Kier molecular flexibility index (Phi) is 17.7. The van der Waals surface area contributed by atoms with Gasteiger partial charge in [0.25, 0.3) is 0 Å². The number of nitrogens with zero attached hydrogens (tertiary/aromatic N) is 2. The number of carbonyl (C=O) groups is 2. The van der Waals surface area contributed by atoms with Crippen molar-refractivity contribution in [3.8, 4) is 0 Å². The van der Waals surface area contributed by atoms with E-state index in [-0.39, 0.29) is 31.7 Å². The van der Waals surface area contributed by atoms with Gasteiger partial charge in [-0.05, 0) is 12.0 Å². The summed E-state index contributed by atoms with van der Waals surface area (Å²) in [6.07, 6.45) is -0.631. The third kappa shape index (κ3) is 19.8. The summed E-state index contributed by atoms with van der Waals surface area (Å²) in [6.45, 7) is 0.704. The van der Waals surface area contributed by atoms with Crippen LogP contribution in [0, 0.1) is 5.41 Å². The average molecular weight is 474 g/mol. The lowest BCUT2D eigenvalue weighted by Crippen LogP contribution is -2.43. The summed E-state index contributed by atoms with van der Waals surface area (Å²) in [5.41, 5.74) is 6.20. The SMILES string of the molecule is CN1CC(=O)NC1=N.C[N+](C)(C)CCO.N[C@@H](Cc1ccccc1)C(=O)[O-].OCC(O)CO. The van der Waals surface area contributed by atoms with Gasteiger partial charge in [0.05, 0.1) is 53.5 Å². The van der Waals surface area contributed by atoms with Gasteiger partial charge in [-0.25, -0.2) is 0 Å². The molecule has 8 N–H and O–H groups in total. The molecular weight excluding hydrogens is 434 g/mol. The number of carboxylic acids is 1. The summed E-state index contributed by atoms with van der Waals surface area (Å²) >= 11 is 0. The lowest BCUT2D eigenvalue weighted by atomic mass is 10.1. The van der Waals surface area contributed by atoms with Crippen molar-refractivity contribution in [2.45, 2.75) is 18.6 Å². The fourth-order valence-electron chi connectivity index (χ4n) is 1.87. The number of amides is 1. The smallest absolute Gasteiger partial charge is 0.246 e. The number of aliphatic hydroxyl groups is 4. The van der Waals surface area contributed by atoms with Crippen LogP contribution in [0.5, 0.6) is 0 Å². The van der Waals surface area contributed by atoms with Gasteiger partial charge in [-0.1, -0.05) is 30.3 Å². The minimum atomic E-state index is -1.21. The van der Waals surface area contributed by atoms with E-state index in [0.717, 1.165) is 16.6 Å². The summed E-state index contributed by atoms with van der Waals surface area (Å²) in [7, 11) is 7.85. The molecule has 1 saturated heterocycles. The van der Waals surface area contributed by atoms with Crippen LogP contribution in [-0.2, 0) is 16.0 Å². The van der Waals surface area contributed by atoms with E-state index in [0.29, 0.717) is 13.0 Å². The van der Waals surface area contributed by atoms with Crippen molar-refractivity contribution in [3.05, 3.63) is 35.9 Å². The number of aliphatic carboxylic acids is 1. The van der Waals surface area contributed by atoms with E-state index in [4.69, 9.17) is 31.6 Å². The monoisotopic (exact) mass is 473 g/mol. The van der Waals surface area contributed by atoms with Gasteiger partial charge >= 0.3 is 0 Å². The van der Waals surface area contributed by atoms with Crippen LogP contribution in [0.3, 0.4) is 0 Å². The maximum atomic E-state index is 10.4. The maximum Gasteiger partial charge on any atom is 0.246 e. The predicted octanol–water partition coefficient (Wildman–Crippen LogP) is -3.69. The Labute approximate surface area is 195 Å². The van der Waals surface area contributed by atoms with Crippen LogP contribution in [0.4, 0.5) is 0 Å².